The molecule has 0 spiro atoms. The van der Waals surface area contributed by atoms with Crippen LogP contribution in [0, 0.1) is 0 Å². The summed E-state index contributed by atoms with van der Waals surface area (Å²) in [6.45, 7) is -0.0596. The Morgan fingerprint density at radius 2 is 1.81 bits per heavy atom. The van der Waals surface area contributed by atoms with Gasteiger partial charge in [0.2, 0.25) is 0 Å². The van der Waals surface area contributed by atoms with Gasteiger partial charge in [0.15, 0.2) is 0 Å². The molecule has 0 saturated carbocycles. The number of fused-ring (bicyclic) bond motifs is 2. The molecule has 0 radical (unpaired) electrons. The molecule has 2 aromatic carbocycles. The van der Waals surface area contributed by atoms with Gasteiger partial charge in [0.1, 0.15) is 0 Å². The van der Waals surface area contributed by atoms with E-state index in [2.05, 4.69) is 31.2 Å². The van der Waals surface area contributed by atoms with E-state index >= 15 is 0 Å². The van der Waals surface area contributed by atoms with Gasteiger partial charge >= 0.3 is 0 Å². The lowest BCUT2D eigenvalue weighted by Gasteiger charge is -2.11. The number of rotatable bonds is 5. The number of nitrogens with one attached hydrogen (secondary N) is 3. The number of para-hydroxylation sites is 1. The minimum atomic E-state index is -0.931. The lowest BCUT2D eigenvalue weighted by Crippen LogP contribution is -2.34. The van der Waals surface area contributed by atoms with Crippen molar-refractivity contribution in [3.63, 3.8) is 0 Å². The first-order valence-electron chi connectivity index (χ1n) is 8.38. The standard InChI is InChI=1S/C20H16BrN3O3/c21-11-5-6-13-14(8-23-17(13)7-11)18(25)10-24-20(27)19(26)15-9-22-16-4-2-1-3-12(15)16/h1-9,18,22-23,25H,10H2,(H,24,27). The van der Waals surface area contributed by atoms with Crippen molar-refractivity contribution in [1.29, 1.82) is 0 Å². The van der Waals surface area contributed by atoms with Crippen LogP contribution in [-0.4, -0.2) is 33.3 Å². The molecule has 1 unspecified atom stereocenters. The average molecular weight is 426 g/mol. The van der Waals surface area contributed by atoms with Gasteiger partial charge in [0.25, 0.3) is 11.7 Å². The molecule has 2 aromatic heterocycles. The van der Waals surface area contributed by atoms with Crippen molar-refractivity contribution in [3.05, 3.63) is 70.5 Å². The molecule has 0 aliphatic carbocycles. The maximum Gasteiger partial charge on any atom is 0.292 e. The summed E-state index contributed by atoms with van der Waals surface area (Å²) in [5, 5.41) is 14.5. The average Bonchev–Trinajstić information content (AvgIpc) is 3.29. The summed E-state index contributed by atoms with van der Waals surface area (Å²) in [6.07, 6.45) is 2.30. The molecule has 0 fully saturated rings. The second-order valence-corrected chi connectivity index (χ2v) is 7.15. The number of benzene rings is 2. The first-order valence-corrected chi connectivity index (χ1v) is 9.17. The van der Waals surface area contributed by atoms with Gasteiger partial charge in [-0.05, 0) is 18.2 Å². The Hall–Kier alpha value is -2.90. The van der Waals surface area contributed by atoms with E-state index in [1.54, 1.807) is 12.3 Å². The number of amides is 1. The molecule has 136 valence electrons. The quantitative estimate of drug-likeness (QED) is 0.291. The second kappa shape index (κ2) is 7.02. The lowest BCUT2D eigenvalue weighted by molar-refractivity contribution is -0.117. The van der Waals surface area contributed by atoms with Gasteiger partial charge in [-0.1, -0.05) is 40.2 Å². The van der Waals surface area contributed by atoms with Crippen molar-refractivity contribution in [3.8, 4) is 0 Å². The largest absolute Gasteiger partial charge is 0.386 e. The number of carbonyl (C=O) groups is 2. The highest BCUT2D eigenvalue weighted by molar-refractivity contribution is 9.10. The maximum atomic E-state index is 12.4. The predicted octanol–water partition coefficient (Wildman–Crippen LogP) is 3.44. The zero-order chi connectivity index (χ0) is 19.0. The molecule has 2 heterocycles. The molecule has 4 rings (SSSR count). The molecule has 0 aliphatic rings. The van der Waals surface area contributed by atoms with E-state index in [1.165, 1.54) is 6.20 Å². The molecule has 7 heteroatoms. The molecular formula is C20H16BrN3O3. The number of H-pyrrole nitrogens is 2. The molecule has 4 aromatic rings. The number of hydrogen-bond donors (Lipinski definition) is 4. The SMILES string of the molecule is O=C(NCC(O)c1c[nH]c2cc(Br)ccc12)C(=O)c1c[nH]c2ccccc12. The van der Waals surface area contributed by atoms with Crippen LogP contribution in [0.3, 0.4) is 0 Å². The van der Waals surface area contributed by atoms with E-state index in [1.807, 2.05) is 36.4 Å². The highest BCUT2D eigenvalue weighted by atomic mass is 79.9. The topological polar surface area (TPSA) is 98.0 Å². The van der Waals surface area contributed by atoms with Crippen LogP contribution in [0.2, 0.25) is 0 Å². The van der Waals surface area contributed by atoms with Gasteiger partial charge in [-0.2, -0.15) is 0 Å². The summed E-state index contributed by atoms with van der Waals surface area (Å²) in [5.74, 6) is -1.39. The van der Waals surface area contributed by atoms with Gasteiger partial charge in [0, 0.05) is 50.8 Å². The van der Waals surface area contributed by atoms with Gasteiger partial charge in [-0.25, -0.2) is 0 Å². The van der Waals surface area contributed by atoms with Gasteiger partial charge < -0.3 is 20.4 Å². The summed E-state index contributed by atoms with van der Waals surface area (Å²) in [5.41, 5.74) is 2.64. The lowest BCUT2D eigenvalue weighted by atomic mass is 10.1. The molecule has 6 nitrogen and oxygen atoms in total. The fourth-order valence-electron chi connectivity index (χ4n) is 3.16. The third kappa shape index (κ3) is 3.27. The summed E-state index contributed by atoms with van der Waals surface area (Å²) < 4.78 is 0.926. The van der Waals surface area contributed by atoms with Gasteiger partial charge in [-0.3, -0.25) is 9.59 Å². The van der Waals surface area contributed by atoms with Crippen molar-refractivity contribution in [2.45, 2.75) is 6.10 Å². The Morgan fingerprint density at radius 3 is 2.67 bits per heavy atom. The van der Waals surface area contributed by atoms with Crippen molar-refractivity contribution in [2.75, 3.05) is 6.54 Å². The monoisotopic (exact) mass is 425 g/mol. The Labute approximate surface area is 162 Å². The van der Waals surface area contributed by atoms with E-state index < -0.39 is 17.8 Å². The van der Waals surface area contributed by atoms with E-state index in [9.17, 15) is 14.7 Å². The van der Waals surface area contributed by atoms with E-state index in [4.69, 9.17) is 0 Å². The van der Waals surface area contributed by atoms with Crippen LogP contribution in [0.15, 0.2) is 59.3 Å². The van der Waals surface area contributed by atoms with Crippen LogP contribution in [0.25, 0.3) is 21.8 Å². The number of Topliss-reactive ketones (excluding diaryl/α,β-unsaturated/α-hetero) is 1. The summed E-state index contributed by atoms with van der Waals surface area (Å²) in [4.78, 5) is 30.8. The Kier molecular flexibility index (Phi) is 4.55. The van der Waals surface area contributed by atoms with E-state index in [0.717, 1.165) is 20.9 Å². The van der Waals surface area contributed by atoms with E-state index in [-0.39, 0.29) is 6.54 Å². The third-order valence-electron chi connectivity index (χ3n) is 4.53. The molecule has 0 aliphatic heterocycles. The Balaban J connectivity index is 1.47. The number of aliphatic hydroxyl groups excluding tert-OH is 1. The normalized spacial score (nSPS) is 12.4. The fraction of sp³-hybridized carbons (Fsp3) is 0.100. The van der Waals surface area contributed by atoms with Gasteiger partial charge in [0.05, 0.1) is 11.7 Å². The highest BCUT2D eigenvalue weighted by Crippen LogP contribution is 2.26. The summed E-state index contributed by atoms with van der Waals surface area (Å²) in [7, 11) is 0. The number of ketones is 1. The summed E-state index contributed by atoms with van der Waals surface area (Å²) >= 11 is 3.40. The smallest absolute Gasteiger partial charge is 0.292 e. The van der Waals surface area contributed by atoms with Crippen molar-refractivity contribution in [2.24, 2.45) is 0 Å². The Morgan fingerprint density at radius 1 is 1.04 bits per heavy atom. The van der Waals surface area contributed by atoms with Crippen molar-refractivity contribution >= 4 is 49.4 Å². The summed E-state index contributed by atoms with van der Waals surface area (Å²) in [6, 6.07) is 12.9. The number of aromatic amines is 2. The Bertz CT molecular complexity index is 1160. The van der Waals surface area contributed by atoms with Crippen molar-refractivity contribution in [1.82, 2.24) is 15.3 Å². The first kappa shape index (κ1) is 17.5. The minimum absolute atomic E-state index is 0.0596. The van der Waals surface area contributed by atoms with Gasteiger partial charge in [-0.15, -0.1) is 0 Å². The van der Waals surface area contributed by atoms with Crippen LogP contribution in [0.5, 0.6) is 0 Å². The van der Waals surface area contributed by atoms with Crippen LogP contribution >= 0.6 is 15.9 Å². The maximum absolute atomic E-state index is 12.4. The second-order valence-electron chi connectivity index (χ2n) is 6.24. The van der Waals surface area contributed by atoms with E-state index in [0.29, 0.717) is 16.5 Å². The molecule has 0 bridgehead atoms. The zero-order valence-electron chi connectivity index (χ0n) is 14.1. The molecule has 1 atom stereocenters. The van der Waals surface area contributed by atoms with Crippen LogP contribution in [0.4, 0.5) is 0 Å². The first-order chi connectivity index (χ1) is 13.0. The molecular weight excluding hydrogens is 410 g/mol. The number of hydrogen-bond acceptors (Lipinski definition) is 3. The predicted molar refractivity (Wildman–Crippen MR) is 107 cm³/mol. The fourth-order valence-corrected chi connectivity index (χ4v) is 3.52. The number of aromatic nitrogens is 2. The van der Waals surface area contributed by atoms with Crippen LogP contribution in [0.1, 0.15) is 22.0 Å². The van der Waals surface area contributed by atoms with Crippen LogP contribution < -0.4 is 5.32 Å². The highest BCUT2D eigenvalue weighted by Gasteiger charge is 2.21. The minimum Gasteiger partial charge on any atom is -0.386 e. The molecule has 4 N–H and O–H groups in total. The number of halogens is 1. The van der Waals surface area contributed by atoms with Crippen molar-refractivity contribution < 1.29 is 14.7 Å². The zero-order valence-corrected chi connectivity index (χ0v) is 15.7. The molecule has 27 heavy (non-hydrogen) atoms. The molecule has 1 amide bonds. The number of aliphatic hydroxyl groups is 1. The molecule has 0 saturated heterocycles. The number of carbonyl (C=O) groups excluding carboxylic acids is 2. The third-order valence-corrected chi connectivity index (χ3v) is 5.02. The van der Waals surface area contributed by atoms with Crippen LogP contribution in [-0.2, 0) is 4.79 Å².